The van der Waals surface area contributed by atoms with Crippen LogP contribution >= 0.6 is 0 Å². The van der Waals surface area contributed by atoms with E-state index in [0.717, 1.165) is 17.2 Å². The molecule has 0 atom stereocenters. The highest BCUT2D eigenvalue weighted by Crippen LogP contribution is 2.32. The Morgan fingerprint density at radius 3 is 2.38 bits per heavy atom. The summed E-state index contributed by atoms with van der Waals surface area (Å²) in [5.41, 5.74) is 1.27. The van der Waals surface area contributed by atoms with Crippen molar-refractivity contribution in [1.29, 1.82) is 5.26 Å². The minimum atomic E-state index is -4.82. The maximum atomic E-state index is 13.9. The van der Waals surface area contributed by atoms with Crippen molar-refractivity contribution >= 4 is 17.4 Å². The average molecular weight is 470 g/mol. The zero-order chi connectivity index (χ0) is 24.7. The first kappa shape index (κ1) is 24.7. The molecular formula is C25H22F4N4O. The van der Waals surface area contributed by atoms with Crippen LogP contribution in [-0.2, 0) is 6.18 Å². The van der Waals surface area contributed by atoms with E-state index in [1.54, 1.807) is 42.5 Å². The Morgan fingerprint density at radius 2 is 1.76 bits per heavy atom. The Morgan fingerprint density at radius 1 is 1.03 bits per heavy atom. The van der Waals surface area contributed by atoms with Gasteiger partial charge in [0.2, 0.25) is 0 Å². The van der Waals surface area contributed by atoms with E-state index >= 15 is 0 Å². The summed E-state index contributed by atoms with van der Waals surface area (Å²) in [5.74, 6) is -1.46. The van der Waals surface area contributed by atoms with Crippen LogP contribution in [0.15, 0.2) is 66.7 Å². The molecule has 2 amide bonds. The lowest BCUT2D eigenvalue weighted by atomic mass is 10.0. The summed E-state index contributed by atoms with van der Waals surface area (Å²) in [6, 6.07) is 17.9. The number of halogens is 4. The number of carbonyl (C=O) groups is 1. The molecule has 2 N–H and O–H groups in total. The molecule has 0 heterocycles. The number of rotatable bonds is 7. The van der Waals surface area contributed by atoms with Crippen LogP contribution in [0.5, 0.6) is 0 Å². The lowest BCUT2D eigenvalue weighted by Gasteiger charge is -2.24. The molecule has 0 bridgehead atoms. The quantitative estimate of drug-likeness (QED) is 0.327. The third-order valence-electron chi connectivity index (χ3n) is 5.04. The molecule has 3 aromatic rings. The molecule has 0 saturated heterocycles. The smallest absolute Gasteiger partial charge is 0.315 e. The second-order valence-corrected chi connectivity index (χ2v) is 7.37. The second kappa shape index (κ2) is 10.8. The first-order valence-electron chi connectivity index (χ1n) is 10.5. The number of anilines is 2. The molecule has 3 aromatic carbocycles. The molecule has 0 aliphatic rings. The number of amides is 2. The zero-order valence-corrected chi connectivity index (χ0v) is 18.3. The minimum absolute atomic E-state index is 0.0890. The molecule has 5 nitrogen and oxygen atoms in total. The summed E-state index contributed by atoms with van der Waals surface area (Å²) in [6.45, 7) is 3.34. The number of carbonyl (C=O) groups excluding carboxylic acids is 1. The number of nitriles is 1. The second-order valence-electron chi connectivity index (χ2n) is 7.37. The van der Waals surface area contributed by atoms with E-state index in [4.69, 9.17) is 5.26 Å². The van der Waals surface area contributed by atoms with Gasteiger partial charge in [0.25, 0.3) is 0 Å². The van der Waals surface area contributed by atoms with Gasteiger partial charge in [0, 0.05) is 24.5 Å². The third-order valence-corrected chi connectivity index (χ3v) is 5.04. The van der Waals surface area contributed by atoms with Gasteiger partial charge in [0.15, 0.2) is 0 Å². The highest BCUT2D eigenvalue weighted by Gasteiger charge is 2.34. The predicted molar refractivity (Wildman–Crippen MR) is 123 cm³/mol. The van der Waals surface area contributed by atoms with Crippen LogP contribution in [0.25, 0.3) is 11.1 Å². The van der Waals surface area contributed by atoms with Gasteiger partial charge in [-0.05, 0) is 60.1 Å². The number of likely N-dealkylation sites (N-methyl/N-ethyl adjacent to an activating group) is 1. The van der Waals surface area contributed by atoms with Gasteiger partial charge in [-0.3, -0.25) is 4.90 Å². The third kappa shape index (κ3) is 6.11. The van der Waals surface area contributed by atoms with Crippen LogP contribution in [-0.4, -0.2) is 25.7 Å². The number of urea groups is 1. The number of hydrogen-bond acceptors (Lipinski definition) is 3. The van der Waals surface area contributed by atoms with Crippen molar-refractivity contribution in [1.82, 2.24) is 5.32 Å². The predicted octanol–water partition coefficient (Wildman–Crippen LogP) is 6.03. The molecule has 9 heteroatoms. The lowest BCUT2D eigenvalue weighted by molar-refractivity contribution is -0.139. The Balaban J connectivity index is 1.82. The average Bonchev–Trinajstić information content (AvgIpc) is 2.81. The first-order chi connectivity index (χ1) is 16.2. The van der Waals surface area contributed by atoms with Crippen molar-refractivity contribution in [3.05, 3.63) is 83.7 Å². The summed E-state index contributed by atoms with van der Waals surface area (Å²) < 4.78 is 52.3. The Labute approximate surface area is 194 Å². The molecule has 0 unspecified atom stereocenters. The lowest BCUT2D eigenvalue weighted by Crippen LogP contribution is -2.39. The van der Waals surface area contributed by atoms with Crippen LogP contribution in [0.1, 0.15) is 18.1 Å². The van der Waals surface area contributed by atoms with E-state index in [1.807, 2.05) is 13.0 Å². The highest BCUT2D eigenvalue weighted by molar-refractivity contribution is 6.01. The van der Waals surface area contributed by atoms with E-state index in [1.165, 1.54) is 4.90 Å². The largest absolute Gasteiger partial charge is 0.419 e. The summed E-state index contributed by atoms with van der Waals surface area (Å²) in [4.78, 5) is 14.4. The number of nitrogens with zero attached hydrogens (tertiary/aromatic N) is 2. The van der Waals surface area contributed by atoms with Crippen molar-refractivity contribution in [3.8, 4) is 17.2 Å². The summed E-state index contributed by atoms with van der Waals surface area (Å²) in [6.07, 6.45) is -4.82. The number of hydrogen-bond donors (Lipinski definition) is 2. The highest BCUT2D eigenvalue weighted by atomic mass is 19.4. The van der Waals surface area contributed by atoms with Crippen molar-refractivity contribution in [3.63, 3.8) is 0 Å². The fourth-order valence-corrected chi connectivity index (χ4v) is 3.33. The number of nitrogens with one attached hydrogen (secondary N) is 2. The van der Waals surface area contributed by atoms with Crippen LogP contribution in [0.3, 0.4) is 0 Å². The van der Waals surface area contributed by atoms with Gasteiger partial charge in [-0.15, -0.1) is 0 Å². The maximum Gasteiger partial charge on any atom is 0.419 e. The molecule has 0 saturated carbocycles. The fraction of sp³-hybridized carbons (Fsp3) is 0.200. The normalized spacial score (nSPS) is 11.1. The Bertz CT molecular complexity index is 1190. The van der Waals surface area contributed by atoms with Crippen molar-refractivity contribution in [2.24, 2.45) is 0 Å². The van der Waals surface area contributed by atoms with Crippen molar-refractivity contribution < 1.29 is 22.4 Å². The van der Waals surface area contributed by atoms with Crippen molar-refractivity contribution in [2.45, 2.75) is 13.1 Å². The van der Waals surface area contributed by atoms with Gasteiger partial charge in [-0.2, -0.15) is 18.4 Å². The molecule has 34 heavy (non-hydrogen) atoms. The maximum absolute atomic E-state index is 13.9. The van der Waals surface area contributed by atoms with Crippen LogP contribution in [0.4, 0.5) is 33.7 Å². The van der Waals surface area contributed by atoms with E-state index in [2.05, 4.69) is 16.7 Å². The molecule has 3 rings (SSSR count). The fourth-order valence-electron chi connectivity index (χ4n) is 3.33. The van der Waals surface area contributed by atoms with Gasteiger partial charge in [-0.25, -0.2) is 9.18 Å². The first-order valence-corrected chi connectivity index (χ1v) is 10.5. The SMILES string of the molecule is CCNCCN(C(=O)Nc1ccc(C(F)(F)F)c(F)c1)c1ccc(-c2cccc(C#N)c2)cc1. The summed E-state index contributed by atoms with van der Waals surface area (Å²) >= 11 is 0. The van der Waals surface area contributed by atoms with Gasteiger partial charge in [-0.1, -0.05) is 31.2 Å². The number of benzene rings is 3. The van der Waals surface area contributed by atoms with Crippen LogP contribution in [0.2, 0.25) is 0 Å². The topological polar surface area (TPSA) is 68.2 Å². The van der Waals surface area contributed by atoms with E-state index < -0.39 is 23.6 Å². The van der Waals surface area contributed by atoms with Crippen LogP contribution in [0, 0.1) is 17.1 Å². The summed E-state index contributed by atoms with van der Waals surface area (Å²) in [5, 5.41) is 14.7. The molecular weight excluding hydrogens is 448 g/mol. The standard InChI is InChI=1S/C25H22F4N4O/c1-2-31-12-13-33(24(34)32-20-8-11-22(23(26)15-20)25(27,28)29)21-9-6-18(7-10-21)19-5-3-4-17(14-19)16-30/h3-11,14-15,31H,2,12-13H2,1H3,(H,32,34). The molecule has 0 aliphatic carbocycles. The zero-order valence-electron chi connectivity index (χ0n) is 18.3. The van der Waals surface area contributed by atoms with E-state index in [9.17, 15) is 22.4 Å². The molecule has 0 aromatic heterocycles. The molecule has 0 spiro atoms. The van der Waals surface area contributed by atoms with Crippen molar-refractivity contribution in [2.75, 3.05) is 29.9 Å². The molecule has 0 aliphatic heterocycles. The van der Waals surface area contributed by atoms with Gasteiger partial charge < -0.3 is 10.6 Å². The molecule has 0 fully saturated rings. The molecule has 0 radical (unpaired) electrons. The van der Waals surface area contributed by atoms with Gasteiger partial charge in [0.1, 0.15) is 5.82 Å². The number of alkyl halides is 3. The molecule has 176 valence electrons. The monoisotopic (exact) mass is 470 g/mol. The van der Waals surface area contributed by atoms with E-state index in [-0.39, 0.29) is 12.2 Å². The van der Waals surface area contributed by atoms with Gasteiger partial charge in [0.05, 0.1) is 17.2 Å². The van der Waals surface area contributed by atoms with E-state index in [0.29, 0.717) is 36.5 Å². The Kier molecular flexibility index (Phi) is 7.87. The minimum Gasteiger partial charge on any atom is -0.315 e. The van der Waals surface area contributed by atoms with Gasteiger partial charge >= 0.3 is 12.2 Å². The Hall–Kier alpha value is -3.90. The van der Waals surface area contributed by atoms with Crippen LogP contribution < -0.4 is 15.5 Å². The summed E-state index contributed by atoms with van der Waals surface area (Å²) in [7, 11) is 0.